The van der Waals surface area contributed by atoms with Gasteiger partial charge in [0.25, 0.3) is 0 Å². The van der Waals surface area contributed by atoms with Crippen molar-refractivity contribution < 1.29 is 9.53 Å². The van der Waals surface area contributed by atoms with E-state index in [0.29, 0.717) is 12.5 Å². The summed E-state index contributed by atoms with van der Waals surface area (Å²) in [5, 5.41) is 0. The first kappa shape index (κ1) is 10.3. The highest BCUT2D eigenvalue weighted by Crippen LogP contribution is 2.39. The summed E-state index contributed by atoms with van der Waals surface area (Å²) in [5.41, 5.74) is 3.15. The lowest BCUT2D eigenvalue weighted by molar-refractivity contribution is -0.136. The number of hydrogen-bond acceptors (Lipinski definition) is 2. The maximum atomic E-state index is 11.8. The number of carbonyl (C=O) groups is 1. The van der Waals surface area contributed by atoms with Gasteiger partial charge in [0.15, 0.2) is 0 Å². The Morgan fingerprint density at radius 1 is 1.18 bits per heavy atom. The Labute approximate surface area is 101 Å². The largest absolute Gasteiger partial charge is 0.458 e. The van der Waals surface area contributed by atoms with Gasteiger partial charge in [-0.3, -0.25) is 0 Å². The van der Waals surface area contributed by atoms with Gasteiger partial charge in [-0.05, 0) is 17.1 Å². The van der Waals surface area contributed by atoms with E-state index in [1.807, 2.05) is 18.2 Å². The molecule has 0 N–H and O–H groups in total. The molecule has 0 bridgehead atoms. The predicted octanol–water partition coefficient (Wildman–Crippen LogP) is 2.83. The average Bonchev–Trinajstić information content (AvgIpc) is 2.75. The van der Waals surface area contributed by atoms with Crippen LogP contribution in [0.5, 0.6) is 0 Å². The molecule has 0 spiro atoms. The molecule has 1 aromatic rings. The van der Waals surface area contributed by atoms with Gasteiger partial charge in [0.1, 0.15) is 6.61 Å². The Balaban J connectivity index is 2.07. The van der Waals surface area contributed by atoms with Crippen LogP contribution >= 0.6 is 0 Å². The molecule has 2 atom stereocenters. The monoisotopic (exact) mass is 226 g/mol. The predicted molar refractivity (Wildman–Crippen MR) is 65.5 cm³/mol. The number of rotatable bonds is 1. The second-order valence-electron chi connectivity index (χ2n) is 4.58. The molecule has 0 fully saturated rings. The van der Waals surface area contributed by atoms with E-state index in [1.165, 1.54) is 0 Å². The van der Waals surface area contributed by atoms with Gasteiger partial charge in [0.05, 0.1) is 5.57 Å². The summed E-state index contributed by atoms with van der Waals surface area (Å²) in [6.07, 6.45) is 4.28. The second-order valence-corrected chi connectivity index (χ2v) is 4.58. The van der Waals surface area contributed by atoms with E-state index in [2.05, 4.69) is 31.2 Å². The van der Waals surface area contributed by atoms with Crippen LogP contribution in [0, 0.1) is 5.92 Å². The van der Waals surface area contributed by atoms with Gasteiger partial charge in [0.2, 0.25) is 0 Å². The van der Waals surface area contributed by atoms with Gasteiger partial charge in [-0.1, -0.05) is 49.4 Å². The van der Waals surface area contributed by atoms with Gasteiger partial charge in [-0.25, -0.2) is 4.79 Å². The van der Waals surface area contributed by atoms with Gasteiger partial charge < -0.3 is 4.74 Å². The molecule has 2 heteroatoms. The van der Waals surface area contributed by atoms with E-state index in [1.54, 1.807) is 0 Å². The zero-order chi connectivity index (χ0) is 11.8. The van der Waals surface area contributed by atoms with Crippen molar-refractivity contribution in [3.05, 3.63) is 59.2 Å². The summed E-state index contributed by atoms with van der Waals surface area (Å²) in [6.45, 7) is 2.57. The van der Waals surface area contributed by atoms with Crippen molar-refractivity contribution in [2.45, 2.75) is 12.8 Å². The average molecular weight is 226 g/mol. The number of benzene rings is 1. The topological polar surface area (TPSA) is 26.3 Å². The third-order valence-corrected chi connectivity index (χ3v) is 3.54. The lowest BCUT2D eigenvalue weighted by atomic mass is 9.80. The number of esters is 1. The lowest BCUT2D eigenvalue weighted by Gasteiger charge is -2.21. The molecule has 1 aromatic carbocycles. The summed E-state index contributed by atoms with van der Waals surface area (Å²) in [5.74, 6) is 0.235. The molecule has 1 heterocycles. The summed E-state index contributed by atoms with van der Waals surface area (Å²) in [6, 6.07) is 10.1. The number of hydrogen-bond donors (Lipinski definition) is 0. The van der Waals surface area contributed by atoms with Crippen LogP contribution < -0.4 is 0 Å². The lowest BCUT2D eigenvalue weighted by Crippen LogP contribution is -2.13. The Morgan fingerprint density at radius 2 is 1.94 bits per heavy atom. The van der Waals surface area contributed by atoms with Crippen LogP contribution in [0.2, 0.25) is 0 Å². The Morgan fingerprint density at radius 3 is 2.71 bits per heavy atom. The molecule has 0 aromatic heterocycles. The normalized spacial score (nSPS) is 27.0. The molecule has 0 radical (unpaired) electrons. The van der Waals surface area contributed by atoms with Gasteiger partial charge in [-0.2, -0.15) is 0 Å². The molecule has 0 unspecified atom stereocenters. The highest BCUT2D eigenvalue weighted by atomic mass is 16.5. The molecule has 3 rings (SSSR count). The Hall–Kier alpha value is -1.83. The van der Waals surface area contributed by atoms with Crippen molar-refractivity contribution in [1.82, 2.24) is 0 Å². The molecular weight excluding hydrogens is 212 g/mol. The van der Waals surface area contributed by atoms with E-state index in [0.717, 1.165) is 16.7 Å². The molecule has 1 aliphatic heterocycles. The van der Waals surface area contributed by atoms with Crippen molar-refractivity contribution in [2.75, 3.05) is 6.61 Å². The quantitative estimate of drug-likeness (QED) is 0.543. The van der Waals surface area contributed by atoms with Crippen molar-refractivity contribution in [2.24, 2.45) is 5.92 Å². The van der Waals surface area contributed by atoms with Crippen LogP contribution in [0.25, 0.3) is 0 Å². The summed E-state index contributed by atoms with van der Waals surface area (Å²) < 4.78 is 5.17. The van der Waals surface area contributed by atoms with E-state index < -0.39 is 0 Å². The first-order valence-electron chi connectivity index (χ1n) is 5.90. The summed E-state index contributed by atoms with van der Waals surface area (Å²) >= 11 is 0. The maximum absolute atomic E-state index is 11.8. The molecular formula is C15H14O2. The second kappa shape index (κ2) is 3.88. The molecule has 86 valence electrons. The van der Waals surface area contributed by atoms with Gasteiger partial charge in [0, 0.05) is 5.92 Å². The van der Waals surface area contributed by atoms with Crippen LogP contribution in [0.1, 0.15) is 18.4 Å². The molecule has 17 heavy (non-hydrogen) atoms. The zero-order valence-electron chi connectivity index (χ0n) is 9.72. The number of allylic oxidation sites excluding steroid dienone is 2. The molecule has 0 saturated carbocycles. The van der Waals surface area contributed by atoms with E-state index >= 15 is 0 Å². The number of ether oxygens (including phenoxy) is 1. The molecule has 1 aliphatic carbocycles. The minimum atomic E-state index is -0.148. The fourth-order valence-electron chi connectivity index (χ4n) is 2.56. The van der Waals surface area contributed by atoms with E-state index in [-0.39, 0.29) is 11.9 Å². The smallest absolute Gasteiger partial charge is 0.335 e. The highest BCUT2D eigenvalue weighted by molar-refractivity contribution is 5.94. The highest BCUT2D eigenvalue weighted by Gasteiger charge is 2.35. The SMILES string of the molecule is C[C@@H]1C=C[C@H](c2ccccc2)C2=C1COC2=O. The molecule has 2 aliphatic rings. The molecule has 0 amide bonds. The Bertz CT molecular complexity index is 511. The first-order chi connectivity index (χ1) is 8.27. The van der Waals surface area contributed by atoms with Crippen molar-refractivity contribution >= 4 is 5.97 Å². The van der Waals surface area contributed by atoms with Crippen molar-refractivity contribution in [3.63, 3.8) is 0 Å². The van der Waals surface area contributed by atoms with E-state index in [4.69, 9.17) is 4.74 Å². The van der Waals surface area contributed by atoms with Crippen molar-refractivity contribution in [3.8, 4) is 0 Å². The van der Waals surface area contributed by atoms with Crippen molar-refractivity contribution in [1.29, 1.82) is 0 Å². The minimum Gasteiger partial charge on any atom is -0.458 e. The van der Waals surface area contributed by atoms with E-state index in [9.17, 15) is 4.79 Å². The fraction of sp³-hybridized carbons (Fsp3) is 0.267. The first-order valence-corrected chi connectivity index (χ1v) is 5.90. The van der Waals surface area contributed by atoms with Crippen LogP contribution in [0.3, 0.4) is 0 Å². The zero-order valence-corrected chi connectivity index (χ0v) is 9.72. The van der Waals surface area contributed by atoms with Crippen LogP contribution in [0.4, 0.5) is 0 Å². The standard InChI is InChI=1S/C15H14O2/c1-10-7-8-12(11-5-3-2-4-6-11)14-13(10)9-17-15(14)16/h2-8,10,12H,9H2,1H3/t10-,12-/m1/s1. The third-order valence-electron chi connectivity index (χ3n) is 3.54. The third kappa shape index (κ3) is 1.60. The summed E-state index contributed by atoms with van der Waals surface area (Å²) in [4.78, 5) is 11.8. The van der Waals surface area contributed by atoms with Gasteiger partial charge in [-0.15, -0.1) is 0 Å². The van der Waals surface area contributed by atoms with Crippen LogP contribution in [-0.2, 0) is 9.53 Å². The minimum absolute atomic E-state index is 0.0670. The number of cyclic esters (lactones) is 1. The fourth-order valence-corrected chi connectivity index (χ4v) is 2.56. The van der Waals surface area contributed by atoms with Crippen LogP contribution in [0.15, 0.2) is 53.6 Å². The number of carbonyl (C=O) groups excluding carboxylic acids is 1. The summed E-state index contributed by atoms with van der Waals surface area (Å²) in [7, 11) is 0. The van der Waals surface area contributed by atoms with Gasteiger partial charge >= 0.3 is 5.97 Å². The maximum Gasteiger partial charge on any atom is 0.335 e. The molecule has 2 nitrogen and oxygen atoms in total. The molecule has 0 saturated heterocycles. The van der Waals surface area contributed by atoms with Crippen LogP contribution in [-0.4, -0.2) is 12.6 Å². The Kier molecular flexibility index (Phi) is 2.36.